The first-order valence-corrected chi connectivity index (χ1v) is 12.1. The molecular formula is C26H28F12N2. The van der Waals surface area contributed by atoms with Crippen molar-refractivity contribution in [2.75, 3.05) is 11.5 Å². The van der Waals surface area contributed by atoms with Gasteiger partial charge in [-0.3, -0.25) is 0 Å². The van der Waals surface area contributed by atoms with Gasteiger partial charge in [0, 0.05) is 22.5 Å². The third-order valence-electron chi connectivity index (χ3n) is 6.92. The number of nitrogens with two attached hydrogens (primary N) is 2. The molecule has 0 radical (unpaired) electrons. The summed E-state index contributed by atoms with van der Waals surface area (Å²) in [5.74, 6) is -42.4. The van der Waals surface area contributed by atoms with Crippen LogP contribution >= 0.6 is 0 Å². The van der Waals surface area contributed by atoms with Crippen molar-refractivity contribution in [3.8, 4) is 0 Å². The number of hydrogen-bond acceptors (Lipinski definition) is 2. The Balaban J connectivity index is 2.74. The van der Waals surface area contributed by atoms with Crippen LogP contribution in [0.5, 0.6) is 0 Å². The molecule has 14 heteroatoms. The van der Waals surface area contributed by atoms with Crippen molar-refractivity contribution >= 4 is 11.4 Å². The van der Waals surface area contributed by atoms with Gasteiger partial charge < -0.3 is 11.5 Å². The molecule has 0 heterocycles. The summed E-state index contributed by atoms with van der Waals surface area (Å²) in [5.41, 5.74) is 6.29. The molecule has 0 aliphatic rings. The monoisotopic (exact) mass is 596 g/mol. The molecule has 2 rings (SSSR count). The predicted molar refractivity (Wildman–Crippen MR) is 127 cm³/mol. The maximum Gasteiger partial charge on any atom is 0.385 e. The molecule has 2 aromatic carbocycles. The summed E-state index contributed by atoms with van der Waals surface area (Å²) in [4.78, 5) is 0. The SMILES string of the molecule is CCc1cc(C(F)(F)C(F)(F)C(F)(F)C(F)(F)C(F)(F)C(F)(F)c2cc(CC)c(N)c(CC)c2)cc(CC)c1N. The van der Waals surface area contributed by atoms with Crippen LogP contribution in [0, 0.1) is 0 Å². The summed E-state index contributed by atoms with van der Waals surface area (Å²) in [6.45, 7) is 5.34. The van der Waals surface area contributed by atoms with Gasteiger partial charge in [-0.2, -0.15) is 52.7 Å². The normalized spacial score (nSPS) is 14.1. The van der Waals surface area contributed by atoms with E-state index in [-0.39, 0.29) is 83.6 Å². The van der Waals surface area contributed by atoms with Gasteiger partial charge in [-0.15, -0.1) is 0 Å². The smallest absolute Gasteiger partial charge is 0.385 e. The van der Waals surface area contributed by atoms with Crippen LogP contribution in [0.2, 0.25) is 0 Å². The first kappa shape index (κ1) is 33.4. The highest BCUT2D eigenvalue weighted by atomic mass is 19.4. The summed E-state index contributed by atoms with van der Waals surface area (Å²) < 4.78 is 177. The number of benzene rings is 2. The van der Waals surface area contributed by atoms with Gasteiger partial charge in [0.05, 0.1) is 0 Å². The minimum absolute atomic E-state index is 0.155. The molecule has 40 heavy (non-hydrogen) atoms. The minimum atomic E-state index is -7.69. The Morgan fingerprint density at radius 3 is 0.800 bits per heavy atom. The van der Waals surface area contributed by atoms with Crippen molar-refractivity contribution in [1.82, 2.24) is 0 Å². The van der Waals surface area contributed by atoms with Crippen LogP contribution in [-0.2, 0) is 37.5 Å². The van der Waals surface area contributed by atoms with Crippen LogP contribution in [0.15, 0.2) is 24.3 Å². The first-order chi connectivity index (χ1) is 18.0. The van der Waals surface area contributed by atoms with Crippen LogP contribution in [0.3, 0.4) is 0 Å². The van der Waals surface area contributed by atoms with Crippen molar-refractivity contribution in [3.05, 3.63) is 57.6 Å². The molecule has 0 saturated heterocycles. The Kier molecular flexibility index (Phi) is 8.81. The summed E-state index contributed by atoms with van der Waals surface area (Å²) in [6.07, 6.45) is -0.697. The second-order valence-electron chi connectivity index (χ2n) is 9.28. The zero-order valence-electron chi connectivity index (χ0n) is 21.8. The lowest BCUT2D eigenvalue weighted by atomic mass is 9.85. The maximum absolute atomic E-state index is 14.9. The van der Waals surface area contributed by atoms with Crippen molar-refractivity contribution in [1.29, 1.82) is 0 Å². The van der Waals surface area contributed by atoms with E-state index in [2.05, 4.69) is 0 Å². The van der Waals surface area contributed by atoms with Gasteiger partial charge in [0.1, 0.15) is 0 Å². The fourth-order valence-electron chi connectivity index (χ4n) is 4.24. The summed E-state index contributed by atoms with van der Waals surface area (Å²) >= 11 is 0. The van der Waals surface area contributed by atoms with E-state index in [0.29, 0.717) is 0 Å². The second kappa shape index (κ2) is 10.6. The van der Waals surface area contributed by atoms with Gasteiger partial charge in [-0.05, 0) is 72.2 Å². The number of hydrogen-bond donors (Lipinski definition) is 2. The fourth-order valence-corrected chi connectivity index (χ4v) is 4.24. The maximum atomic E-state index is 14.9. The Morgan fingerprint density at radius 2 is 0.625 bits per heavy atom. The highest BCUT2D eigenvalue weighted by molar-refractivity contribution is 5.58. The molecule has 0 aliphatic heterocycles. The van der Waals surface area contributed by atoms with Gasteiger partial charge in [0.2, 0.25) is 0 Å². The Morgan fingerprint density at radius 1 is 0.425 bits per heavy atom. The van der Waals surface area contributed by atoms with Crippen LogP contribution < -0.4 is 11.5 Å². The molecule has 0 fully saturated rings. The molecule has 0 bridgehead atoms. The summed E-state index contributed by atoms with van der Waals surface area (Å²) in [5, 5.41) is 0. The number of aryl methyl sites for hydroxylation is 4. The summed E-state index contributed by atoms with van der Waals surface area (Å²) in [7, 11) is 0. The standard InChI is InChI=1S/C26H28F12N2/c1-5-13-9-17(10-14(6-2)19(13)39)21(27,28)23(31,32)25(35,36)26(37,38)24(33,34)22(29,30)18-11-15(7-3)20(40)16(8-4)12-18/h9-12H,5-8,39-40H2,1-4H3. The fraction of sp³-hybridized carbons (Fsp3) is 0.538. The number of alkyl halides is 12. The molecule has 0 unspecified atom stereocenters. The largest absolute Gasteiger partial charge is 0.398 e. The highest BCUT2D eigenvalue weighted by Crippen LogP contribution is 2.63. The van der Waals surface area contributed by atoms with E-state index in [9.17, 15) is 52.7 Å². The topological polar surface area (TPSA) is 52.0 Å². The minimum Gasteiger partial charge on any atom is -0.398 e. The lowest BCUT2D eigenvalue weighted by Crippen LogP contribution is -2.69. The Bertz CT molecular complexity index is 1090. The van der Waals surface area contributed by atoms with Gasteiger partial charge in [0.15, 0.2) is 0 Å². The highest BCUT2D eigenvalue weighted by Gasteiger charge is 2.90. The molecule has 0 spiro atoms. The first-order valence-electron chi connectivity index (χ1n) is 12.1. The van der Waals surface area contributed by atoms with E-state index in [4.69, 9.17) is 11.5 Å². The van der Waals surface area contributed by atoms with E-state index in [1.54, 1.807) is 0 Å². The molecule has 2 aromatic rings. The van der Waals surface area contributed by atoms with E-state index in [1.165, 1.54) is 27.7 Å². The molecule has 0 aromatic heterocycles. The molecule has 0 aliphatic carbocycles. The van der Waals surface area contributed by atoms with Gasteiger partial charge in [0.25, 0.3) is 0 Å². The molecule has 4 N–H and O–H groups in total. The predicted octanol–water partition coefficient (Wildman–Crippen LogP) is 8.53. The molecule has 0 atom stereocenters. The van der Waals surface area contributed by atoms with Crippen LogP contribution in [-0.4, -0.2) is 23.7 Å². The van der Waals surface area contributed by atoms with E-state index in [1.807, 2.05) is 0 Å². The molecule has 0 amide bonds. The van der Waals surface area contributed by atoms with E-state index < -0.39 is 46.7 Å². The van der Waals surface area contributed by atoms with Crippen LogP contribution in [0.25, 0.3) is 0 Å². The molecule has 2 nitrogen and oxygen atoms in total. The van der Waals surface area contributed by atoms with Crippen LogP contribution in [0.4, 0.5) is 64.1 Å². The molecule has 226 valence electrons. The van der Waals surface area contributed by atoms with Crippen molar-refractivity contribution in [2.45, 2.75) is 88.9 Å². The van der Waals surface area contributed by atoms with Crippen molar-refractivity contribution in [3.63, 3.8) is 0 Å². The lowest BCUT2D eigenvalue weighted by molar-refractivity contribution is -0.429. The van der Waals surface area contributed by atoms with Crippen molar-refractivity contribution in [2.24, 2.45) is 0 Å². The average Bonchev–Trinajstić information content (AvgIpc) is 2.87. The molecular weight excluding hydrogens is 568 g/mol. The van der Waals surface area contributed by atoms with Gasteiger partial charge in [-0.25, -0.2) is 0 Å². The second-order valence-corrected chi connectivity index (χ2v) is 9.28. The zero-order chi connectivity index (χ0) is 31.3. The Labute approximate surface area is 222 Å². The van der Waals surface area contributed by atoms with Crippen LogP contribution in [0.1, 0.15) is 61.1 Å². The lowest BCUT2D eigenvalue weighted by Gasteiger charge is -2.41. The van der Waals surface area contributed by atoms with E-state index >= 15 is 0 Å². The van der Waals surface area contributed by atoms with E-state index in [0.717, 1.165) is 0 Å². The quantitative estimate of drug-likeness (QED) is 0.202. The zero-order valence-corrected chi connectivity index (χ0v) is 21.8. The third-order valence-corrected chi connectivity index (χ3v) is 6.92. The number of anilines is 2. The van der Waals surface area contributed by atoms with Crippen molar-refractivity contribution < 1.29 is 52.7 Å². The molecule has 0 saturated carbocycles. The number of rotatable bonds is 11. The number of nitrogen functional groups attached to an aromatic ring is 2. The average molecular weight is 596 g/mol. The van der Waals surface area contributed by atoms with Gasteiger partial charge >= 0.3 is 35.5 Å². The third kappa shape index (κ3) is 4.64. The van der Waals surface area contributed by atoms with Gasteiger partial charge in [-0.1, -0.05) is 27.7 Å². The summed E-state index contributed by atoms with van der Waals surface area (Å²) in [6, 6.07) is 0.985. The Hall–Kier alpha value is -2.80. The number of halogens is 12.